The Bertz CT molecular complexity index is 375. The van der Waals surface area contributed by atoms with Gasteiger partial charge in [-0.1, -0.05) is 20.8 Å². The molecule has 0 aliphatic heterocycles. The van der Waals surface area contributed by atoms with Crippen molar-refractivity contribution in [1.29, 1.82) is 0 Å². The first-order chi connectivity index (χ1) is 9.01. The van der Waals surface area contributed by atoms with Crippen molar-refractivity contribution in [1.82, 2.24) is 15.3 Å². The predicted molar refractivity (Wildman–Crippen MR) is 83.3 cm³/mol. The Hall–Kier alpha value is -0.490. The van der Waals surface area contributed by atoms with Crippen LogP contribution >= 0.6 is 11.3 Å². The lowest BCUT2D eigenvalue weighted by Crippen LogP contribution is -2.61. The van der Waals surface area contributed by atoms with Crippen molar-refractivity contribution in [2.24, 2.45) is 5.84 Å². The van der Waals surface area contributed by atoms with Gasteiger partial charge in [-0.2, -0.15) is 0 Å². The Labute approximate surface area is 121 Å². The maximum absolute atomic E-state index is 5.84. The van der Waals surface area contributed by atoms with Crippen LogP contribution in [-0.4, -0.2) is 34.6 Å². The number of rotatable bonds is 8. The van der Waals surface area contributed by atoms with Gasteiger partial charge in [0, 0.05) is 29.1 Å². The number of nitrogens with one attached hydrogen (secondary N) is 1. The van der Waals surface area contributed by atoms with Crippen LogP contribution in [0.3, 0.4) is 0 Å². The zero-order valence-electron chi connectivity index (χ0n) is 12.9. The minimum Gasteiger partial charge on any atom is -0.297 e. The first-order valence-corrected chi connectivity index (χ1v) is 8.01. The third kappa shape index (κ3) is 3.75. The van der Waals surface area contributed by atoms with E-state index in [4.69, 9.17) is 5.84 Å². The van der Waals surface area contributed by atoms with Crippen molar-refractivity contribution in [3.8, 4) is 0 Å². The molecule has 110 valence electrons. The number of aromatic nitrogens is 1. The van der Waals surface area contributed by atoms with Gasteiger partial charge in [-0.15, -0.1) is 11.3 Å². The molecule has 4 nitrogen and oxygen atoms in total. The summed E-state index contributed by atoms with van der Waals surface area (Å²) in [4.78, 5) is 7.05. The van der Waals surface area contributed by atoms with Crippen LogP contribution in [0.4, 0.5) is 0 Å². The van der Waals surface area contributed by atoms with E-state index in [1.54, 1.807) is 11.3 Å². The van der Waals surface area contributed by atoms with Crippen molar-refractivity contribution in [2.45, 2.75) is 59.0 Å². The fourth-order valence-corrected chi connectivity index (χ4v) is 3.58. The number of hydrazine groups is 1. The summed E-state index contributed by atoms with van der Waals surface area (Å²) in [6.07, 6.45) is 1.95. The number of likely N-dealkylation sites (N-methyl/N-ethyl adjacent to an activating group) is 1. The summed E-state index contributed by atoms with van der Waals surface area (Å²) in [6.45, 7) is 13.1. The van der Waals surface area contributed by atoms with E-state index >= 15 is 0 Å². The van der Waals surface area contributed by atoms with E-state index < -0.39 is 0 Å². The van der Waals surface area contributed by atoms with Crippen molar-refractivity contribution < 1.29 is 0 Å². The van der Waals surface area contributed by atoms with Gasteiger partial charge in [-0.05, 0) is 33.4 Å². The Morgan fingerprint density at radius 3 is 2.42 bits per heavy atom. The molecule has 0 saturated heterocycles. The van der Waals surface area contributed by atoms with Crippen LogP contribution in [0.1, 0.15) is 44.8 Å². The summed E-state index contributed by atoms with van der Waals surface area (Å²) in [5.41, 5.74) is 4.17. The van der Waals surface area contributed by atoms with Gasteiger partial charge in [0.25, 0.3) is 0 Å². The molecule has 0 aromatic carbocycles. The van der Waals surface area contributed by atoms with Gasteiger partial charge in [-0.3, -0.25) is 16.2 Å². The molecule has 5 heteroatoms. The summed E-state index contributed by atoms with van der Waals surface area (Å²) in [5, 5.41) is 3.26. The highest BCUT2D eigenvalue weighted by molar-refractivity contribution is 7.09. The molecule has 0 aliphatic carbocycles. The molecule has 1 heterocycles. The average Bonchev–Trinajstić information content (AvgIpc) is 2.82. The van der Waals surface area contributed by atoms with E-state index in [0.29, 0.717) is 0 Å². The second kappa shape index (κ2) is 7.33. The minimum absolute atomic E-state index is 0.0534. The largest absolute Gasteiger partial charge is 0.297 e. The number of aryl methyl sites for hydroxylation is 1. The second-order valence-electron chi connectivity index (χ2n) is 5.19. The van der Waals surface area contributed by atoms with Gasteiger partial charge in [0.1, 0.15) is 0 Å². The lowest BCUT2D eigenvalue weighted by molar-refractivity contribution is 0.0701. The van der Waals surface area contributed by atoms with E-state index in [9.17, 15) is 0 Å². The molecule has 0 amide bonds. The lowest BCUT2D eigenvalue weighted by Gasteiger charge is -2.45. The van der Waals surface area contributed by atoms with Gasteiger partial charge >= 0.3 is 0 Å². The summed E-state index contributed by atoms with van der Waals surface area (Å²) in [5.74, 6) is 5.84. The third-order valence-corrected chi connectivity index (χ3v) is 5.19. The SMILES string of the molecule is CCN(CC)C(C)(CC)C(Cc1nc(C)cs1)NN. The Kier molecular flexibility index (Phi) is 6.39. The van der Waals surface area contributed by atoms with Crippen LogP contribution in [0.15, 0.2) is 5.38 Å². The van der Waals surface area contributed by atoms with Crippen LogP contribution in [0.2, 0.25) is 0 Å². The molecule has 0 fully saturated rings. The normalized spacial score (nSPS) is 16.6. The Morgan fingerprint density at radius 2 is 2.05 bits per heavy atom. The molecule has 2 unspecified atom stereocenters. The molecule has 1 aromatic rings. The first-order valence-electron chi connectivity index (χ1n) is 7.13. The monoisotopic (exact) mass is 284 g/mol. The first kappa shape index (κ1) is 16.6. The van der Waals surface area contributed by atoms with E-state index in [-0.39, 0.29) is 11.6 Å². The quantitative estimate of drug-likeness (QED) is 0.568. The fourth-order valence-electron chi connectivity index (χ4n) is 2.77. The van der Waals surface area contributed by atoms with E-state index in [1.165, 1.54) is 0 Å². The molecule has 0 saturated carbocycles. The van der Waals surface area contributed by atoms with E-state index in [0.717, 1.165) is 36.6 Å². The lowest BCUT2D eigenvalue weighted by atomic mass is 9.85. The maximum atomic E-state index is 5.84. The highest BCUT2D eigenvalue weighted by Gasteiger charge is 2.36. The van der Waals surface area contributed by atoms with Crippen LogP contribution in [-0.2, 0) is 6.42 Å². The molecule has 0 radical (unpaired) electrons. The third-order valence-electron chi connectivity index (χ3n) is 4.20. The van der Waals surface area contributed by atoms with Crippen LogP contribution in [0.5, 0.6) is 0 Å². The molecule has 1 rings (SSSR count). The molecule has 0 bridgehead atoms. The highest BCUT2D eigenvalue weighted by atomic mass is 32.1. The summed E-state index contributed by atoms with van der Waals surface area (Å²) >= 11 is 1.72. The maximum Gasteiger partial charge on any atom is 0.0944 e. The van der Waals surface area contributed by atoms with Gasteiger partial charge in [0.2, 0.25) is 0 Å². The van der Waals surface area contributed by atoms with Crippen molar-refractivity contribution in [3.63, 3.8) is 0 Å². The fraction of sp³-hybridized carbons (Fsp3) is 0.786. The number of nitrogens with two attached hydrogens (primary N) is 1. The Morgan fingerprint density at radius 1 is 1.42 bits per heavy atom. The van der Waals surface area contributed by atoms with Gasteiger partial charge < -0.3 is 0 Å². The molecule has 2 atom stereocenters. The second-order valence-corrected chi connectivity index (χ2v) is 6.13. The molecule has 3 N–H and O–H groups in total. The minimum atomic E-state index is 0.0534. The number of hydrogen-bond acceptors (Lipinski definition) is 5. The molecular formula is C14H28N4S. The topological polar surface area (TPSA) is 54.2 Å². The summed E-state index contributed by atoms with van der Waals surface area (Å²) in [6, 6.07) is 0.211. The van der Waals surface area contributed by atoms with E-state index in [1.807, 2.05) is 6.92 Å². The summed E-state index contributed by atoms with van der Waals surface area (Å²) in [7, 11) is 0. The smallest absolute Gasteiger partial charge is 0.0944 e. The van der Waals surface area contributed by atoms with Gasteiger partial charge in [0.15, 0.2) is 0 Å². The molecular weight excluding hydrogens is 256 g/mol. The zero-order chi connectivity index (χ0) is 14.5. The average molecular weight is 284 g/mol. The highest BCUT2D eigenvalue weighted by Crippen LogP contribution is 2.26. The Balaban J connectivity index is 2.91. The van der Waals surface area contributed by atoms with Crippen molar-refractivity contribution in [3.05, 3.63) is 16.1 Å². The van der Waals surface area contributed by atoms with Crippen LogP contribution < -0.4 is 11.3 Å². The molecule has 0 spiro atoms. The van der Waals surface area contributed by atoms with Crippen LogP contribution in [0.25, 0.3) is 0 Å². The number of thiazole rings is 1. The summed E-state index contributed by atoms with van der Waals surface area (Å²) < 4.78 is 0. The molecule has 1 aromatic heterocycles. The molecule has 0 aliphatic rings. The number of nitrogens with zero attached hydrogens (tertiary/aromatic N) is 2. The van der Waals surface area contributed by atoms with E-state index in [2.05, 4.69) is 48.4 Å². The standard InChI is InChI=1S/C14H28N4S/c1-6-14(5,18(7-2)8-3)12(17-15)9-13-16-11(4)10-19-13/h10,12,17H,6-9,15H2,1-5H3. The molecule has 19 heavy (non-hydrogen) atoms. The van der Waals surface area contributed by atoms with Gasteiger partial charge in [-0.25, -0.2) is 4.98 Å². The van der Waals surface area contributed by atoms with Crippen molar-refractivity contribution in [2.75, 3.05) is 13.1 Å². The van der Waals surface area contributed by atoms with Crippen LogP contribution in [0, 0.1) is 6.92 Å². The number of hydrogen-bond donors (Lipinski definition) is 2. The van der Waals surface area contributed by atoms with Gasteiger partial charge in [0.05, 0.1) is 5.01 Å². The van der Waals surface area contributed by atoms with Crippen molar-refractivity contribution >= 4 is 11.3 Å². The zero-order valence-corrected chi connectivity index (χ0v) is 13.7. The predicted octanol–water partition coefficient (Wildman–Crippen LogP) is 2.34.